The van der Waals surface area contributed by atoms with E-state index in [1.807, 2.05) is 6.92 Å². The van der Waals surface area contributed by atoms with Gasteiger partial charge in [-0.15, -0.1) is 22.7 Å². The van der Waals surface area contributed by atoms with Crippen molar-refractivity contribution >= 4 is 28.6 Å². The second-order valence-corrected chi connectivity index (χ2v) is 5.44. The van der Waals surface area contributed by atoms with E-state index in [9.17, 15) is 4.79 Å². The van der Waals surface area contributed by atoms with Crippen molar-refractivity contribution in [3.63, 3.8) is 0 Å². The molecule has 4 nitrogen and oxygen atoms in total. The van der Waals surface area contributed by atoms with E-state index in [-0.39, 0.29) is 5.69 Å². The Morgan fingerprint density at radius 3 is 2.53 bits per heavy atom. The normalized spacial score (nSPS) is 10.5. The molecule has 0 spiro atoms. The molecule has 2 heterocycles. The third kappa shape index (κ3) is 1.91. The van der Waals surface area contributed by atoms with Crippen molar-refractivity contribution in [2.24, 2.45) is 0 Å². The van der Waals surface area contributed by atoms with E-state index >= 15 is 0 Å². The highest BCUT2D eigenvalue weighted by Crippen LogP contribution is 2.30. The second-order valence-electron chi connectivity index (χ2n) is 3.01. The summed E-state index contributed by atoms with van der Waals surface area (Å²) in [6.45, 7) is 3.71. The third-order valence-corrected chi connectivity index (χ3v) is 3.83. The Kier molecular flexibility index (Phi) is 2.54. The molecule has 0 atom stereocenters. The van der Waals surface area contributed by atoms with Gasteiger partial charge in [0.25, 0.3) is 0 Å². The molecule has 0 bridgehead atoms. The number of thiazole rings is 2. The Balaban J connectivity index is 2.46. The molecule has 6 heteroatoms. The van der Waals surface area contributed by atoms with Crippen LogP contribution in [0.25, 0.3) is 10.0 Å². The molecular formula is C9H8N2O2S2. The molecule has 0 aliphatic carbocycles. The number of rotatable bonds is 2. The first-order valence-corrected chi connectivity index (χ1v) is 5.84. The fourth-order valence-electron chi connectivity index (χ4n) is 1.14. The molecule has 0 saturated heterocycles. The molecule has 0 saturated carbocycles. The van der Waals surface area contributed by atoms with Crippen molar-refractivity contribution in [1.29, 1.82) is 0 Å². The number of hydrogen-bond acceptors (Lipinski definition) is 5. The molecule has 0 amide bonds. The van der Waals surface area contributed by atoms with E-state index in [2.05, 4.69) is 9.97 Å². The Morgan fingerprint density at radius 2 is 2.07 bits per heavy atom. The molecule has 0 radical (unpaired) electrons. The van der Waals surface area contributed by atoms with Crippen LogP contribution in [0.4, 0.5) is 0 Å². The average molecular weight is 240 g/mol. The quantitative estimate of drug-likeness (QED) is 0.876. The van der Waals surface area contributed by atoms with Crippen LogP contribution < -0.4 is 0 Å². The Morgan fingerprint density at radius 1 is 1.33 bits per heavy atom. The van der Waals surface area contributed by atoms with Gasteiger partial charge >= 0.3 is 5.97 Å². The maximum Gasteiger partial charge on any atom is 0.355 e. The number of carbonyl (C=O) groups is 1. The van der Waals surface area contributed by atoms with Gasteiger partial charge < -0.3 is 5.11 Å². The predicted molar refractivity (Wildman–Crippen MR) is 59.7 cm³/mol. The summed E-state index contributed by atoms with van der Waals surface area (Å²) in [6.07, 6.45) is 1.76. The van der Waals surface area contributed by atoms with E-state index < -0.39 is 5.97 Å². The first-order valence-electron chi connectivity index (χ1n) is 4.21. The van der Waals surface area contributed by atoms with E-state index in [0.717, 1.165) is 9.88 Å². The molecule has 0 aliphatic rings. The van der Waals surface area contributed by atoms with Crippen molar-refractivity contribution in [2.75, 3.05) is 0 Å². The lowest BCUT2D eigenvalue weighted by molar-refractivity contribution is 0.0690. The SMILES string of the molecule is Cc1cnc(-c2nc(C(=O)O)c(C)s2)s1. The summed E-state index contributed by atoms with van der Waals surface area (Å²) < 4.78 is 0. The molecule has 2 aromatic rings. The van der Waals surface area contributed by atoms with Crippen LogP contribution in [-0.2, 0) is 0 Å². The predicted octanol–water partition coefficient (Wildman–Crippen LogP) is 2.58. The highest BCUT2D eigenvalue weighted by Gasteiger charge is 2.16. The number of aromatic nitrogens is 2. The minimum absolute atomic E-state index is 0.128. The Labute approximate surface area is 94.3 Å². The van der Waals surface area contributed by atoms with Crippen LogP contribution in [0.5, 0.6) is 0 Å². The third-order valence-electron chi connectivity index (χ3n) is 1.80. The summed E-state index contributed by atoms with van der Waals surface area (Å²) in [5.74, 6) is -0.983. The van der Waals surface area contributed by atoms with E-state index in [1.54, 1.807) is 13.1 Å². The number of aryl methyl sites for hydroxylation is 2. The number of carboxylic acid groups (broad SMARTS) is 1. The molecule has 0 fully saturated rings. The molecule has 78 valence electrons. The number of nitrogens with zero attached hydrogens (tertiary/aromatic N) is 2. The lowest BCUT2D eigenvalue weighted by Gasteiger charge is -1.85. The average Bonchev–Trinajstić information content (AvgIpc) is 2.71. The monoisotopic (exact) mass is 240 g/mol. The molecule has 0 aliphatic heterocycles. The van der Waals surface area contributed by atoms with Crippen molar-refractivity contribution in [1.82, 2.24) is 9.97 Å². The molecular weight excluding hydrogens is 232 g/mol. The van der Waals surface area contributed by atoms with Crippen LogP contribution in [-0.4, -0.2) is 21.0 Å². The summed E-state index contributed by atoms with van der Waals surface area (Å²) in [5.41, 5.74) is 0.128. The first kappa shape index (κ1) is 10.3. The van der Waals surface area contributed by atoms with Gasteiger partial charge in [-0.1, -0.05) is 0 Å². The zero-order valence-electron chi connectivity index (χ0n) is 8.14. The van der Waals surface area contributed by atoms with Crippen molar-refractivity contribution in [3.8, 4) is 10.0 Å². The van der Waals surface area contributed by atoms with Crippen LogP contribution in [0.2, 0.25) is 0 Å². The van der Waals surface area contributed by atoms with Gasteiger partial charge in [0, 0.05) is 16.0 Å². The van der Waals surface area contributed by atoms with Crippen LogP contribution in [0.1, 0.15) is 20.2 Å². The minimum Gasteiger partial charge on any atom is -0.476 e. The minimum atomic E-state index is -0.983. The van der Waals surface area contributed by atoms with Gasteiger partial charge in [-0.2, -0.15) is 0 Å². The zero-order valence-corrected chi connectivity index (χ0v) is 9.78. The number of carboxylic acids is 1. The lowest BCUT2D eigenvalue weighted by atomic mass is 10.4. The lowest BCUT2D eigenvalue weighted by Crippen LogP contribution is -1.98. The van der Waals surface area contributed by atoms with Gasteiger partial charge in [0.2, 0.25) is 0 Å². The molecule has 2 aromatic heterocycles. The number of hydrogen-bond donors (Lipinski definition) is 1. The van der Waals surface area contributed by atoms with Gasteiger partial charge in [-0.3, -0.25) is 0 Å². The first-order chi connectivity index (χ1) is 7.08. The van der Waals surface area contributed by atoms with Gasteiger partial charge in [0.1, 0.15) is 0 Å². The Bertz CT molecular complexity index is 516. The summed E-state index contributed by atoms with van der Waals surface area (Å²) in [7, 11) is 0. The maximum absolute atomic E-state index is 10.8. The molecule has 0 aromatic carbocycles. The molecule has 2 rings (SSSR count). The van der Waals surface area contributed by atoms with Crippen LogP contribution in [0.3, 0.4) is 0 Å². The Hall–Kier alpha value is -1.27. The number of aromatic carboxylic acids is 1. The zero-order chi connectivity index (χ0) is 11.0. The fourth-order valence-corrected chi connectivity index (χ4v) is 2.84. The summed E-state index contributed by atoms with van der Waals surface area (Å²) in [5, 5.41) is 10.3. The summed E-state index contributed by atoms with van der Waals surface area (Å²) in [6, 6.07) is 0. The highest BCUT2D eigenvalue weighted by atomic mass is 32.1. The van der Waals surface area contributed by atoms with Gasteiger partial charge in [0.15, 0.2) is 15.7 Å². The summed E-state index contributed by atoms with van der Waals surface area (Å²) in [4.78, 5) is 20.8. The van der Waals surface area contributed by atoms with Gasteiger partial charge in [0.05, 0.1) is 0 Å². The highest BCUT2D eigenvalue weighted by molar-refractivity contribution is 7.21. The largest absolute Gasteiger partial charge is 0.476 e. The smallest absolute Gasteiger partial charge is 0.355 e. The van der Waals surface area contributed by atoms with Crippen molar-refractivity contribution in [3.05, 3.63) is 21.6 Å². The van der Waals surface area contributed by atoms with Gasteiger partial charge in [-0.25, -0.2) is 14.8 Å². The van der Waals surface area contributed by atoms with Crippen molar-refractivity contribution in [2.45, 2.75) is 13.8 Å². The maximum atomic E-state index is 10.8. The summed E-state index contributed by atoms with van der Waals surface area (Å²) >= 11 is 2.88. The van der Waals surface area contributed by atoms with E-state index in [4.69, 9.17) is 5.11 Å². The van der Waals surface area contributed by atoms with Crippen molar-refractivity contribution < 1.29 is 9.90 Å². The van der Waals surface area contributed by atoms with Crippen LogP contribution >= 0.6 is 22.7 Å². The van der Waals surface area contributed by atoms with E-state index in [1.165, 1.54) is 22.7 Å². The van der Waals surface area contributed by atoms with E-state index in [0.29, 0.717) is 9.88 Å². The second kappa shape index (κ2) is 3.71. The fraction of sp³-hybridized carbons (Fsp3) is 0.222. The van der Waals surface area contributed by atoms with Crippen LogP contribution in [0, 0.1) is 13.8 Å². The molecule has 1 N–H and O–H groups in total. The van der Waals surface area contributed by atoms with Crippen LogP contribution in [0.15, 0.2) is 6.20 Å². The van der Waals surface area contributed by atoms with Gasteiger partial charge in [-0.05, 0) is 13.8 Å². The topological polar surface area (TPSA) is 63.1 Å². The molecule has 0 unspecified atom stereocenters. The standard InChI is InChI=1S/C9H8N2O2S2/c1-4-3-10-7(14-4)8-11-6(9(12)13)5(2)15-8/h3H,1-2H3,(H,12,13). The molecule has 15 heavy (non-hydrogen) atoms.